The normalized spacial score (nSPS) is 28.0. The lowest BCUT2D eigenvalue weighted by molar-refractivity contribution is -0.152. The number of alkyl carbamates (subject to hydrolysis) is 1. The van der Waals surface area contributed by atoms with E-state index in [1.54, 1.807) is 20.8 Å². The molecular weight excluding hydrogens is 320 g/mol. The number of esters is 1. The molecule has 0 aromatic carbocycles. The first-order chi connectivity index (χ1) is 10.9. The van der Waals surface area contributed by atoms with Gasteiger partial charge in [-0.15, -0.1) is 0 Å². The fourth-order valence-corrected chi connectivity index (χ4v) is 2.32. The lowest BCUT2D eigenvalue weighted by Crippen LogP contribution is -2.51. The van der Waals surface area contributed by atoms with Gasteiger partial charge in [0.25, 0.3) is 0 Å². The van der Waals surface area contributed by atoms with Crippen LogP contribution in [0, 0.1) is 0 Å². The first-order valence-corrected chi connectivity index (χ1v) is 7.74. The number of ether oxygens (including phenoxy) is 2. The lowest BCUT2D eigenvalue weighted by atomic mass is 10.2. The Labute approximate surface area is 140 Å². The van der Waals surface area contributed by atoms with E-state index in [0.717, 1.165) is 0 Å². The molecule has 1 fully saturated rings. The molecule has 0 bridgehead atoms. The average Bonchev–Trinajstić information content (AvgIpc) is 2.64. The van der Waals surface area contributed by atoms with Gasteiger partial charge in [0.05, 0.1) is 6.04 Å². The van der Waals surface area contributed by atoms with Gasteiger partial charge in [-0.3, -0.25) is 9.59 Å². The van der Waals surface area contributed by atoms with E-state index in [0.29, 0.717) is 0 Å². The number of amides is 2. The summed E-state index contributed by atoms with van der Waals surface area (Å²) in [5.74, 6) is -1.14. The largest absolute Gasteiger partial charge is 0.460 e. The maximum Gasteiger partial charge on any atom is 0.408 e. The highest BCUT2D eigenvalue weighted by atomic mass is 16.6. The Morgan fingerprint density at radius 1 is 1.17 bits per heavy atom. The molecule has 0 aromatic rings. The van der Waals surface area contributed by atoms with E-state index >= 15 is 0 Å². The second kappa shape index (κ2) is 7.80. The number of aliphatic hydroxyl groups excluding tert-OH is 2. The van der Waals surface area contributed by atoms with Crippen molar-refractivity contribution in [2.45, 2.75) is 77.0 Å². The van der Waals surface area contributed by atoms with E-state index in [1.807, 2.05) is 0 Å². The third-order valence-electron chi connectivity index (χ3n) is 3.40. The van der Waals surface area contributed by atoms with Gasteiger partial charge in [-0.05, 0) is 27.7 Å². The highest BCUT2D eigenvalue weighted by Gasteiger charge is 2.44. The summed E-state index contributed by atoms with van der Waals surface area (Å²) >= 11 is 0. The molecule has 0 spiro atoms. The third-order valence-corrected chi connectivity index (χ3v) is 3.40. The van der Waals surface area contributed by atoms with Crippen molar-refractivity contribution in [2.75, 3.05) is 0 Å². The van der Waals surface area contributed by atoms with Gasteiger partial charge in [-0.2, -0.15) is 0 Å². The van der Waals surface area contributed by atoms with Gasteiger partial charge in [-0.25, -0.2) is 4.79 Å². The Morgan fingerprint density at radius 2 is 1.75 bits per heavy atom. The molecule has 0 heterocycles. The minimum absolute atomic E-state index is 0.0762. The highest BCUT2D eigenvalue weighted by molar-refractivity contribution is 5.85. The molecule has 1 saturated carbocycles. The summed E-state index contributed by atoms with van der Waals surface area (Å²) in [4.78, 5) is 34.7. The summed E-state index contributed by atoms with van der Waals surface area (Å²) < 4.78 is 9.95. The predicted molar refractivity (Wildman–Crippen MR) is 82.9 cm³/mol. The number of carbonyl (C=O) groups is 3. The van der Waals surface area contributed by atoms with Crippen molar-refractivity contribution in [3.8, 4) is 0 Å². The Balaban J connectivity index is 2.54. The van der Waals surface area contributed by atoms with Crippen molar-refractivity contribution in [1.29, 1.82) is 0 Å². The fraction of sp³-hybridized carbons (Fsp3) is 0.800. The molecule has 0 radical (unpaired) electrons. The molecule has 5 atom stereocenters. The number of aliphatic hydroxyl groups is 2. The van der Waals surface area contributed by atoms with E-state index in [2.05, 4.69) is 10.6 Å². The van der Waals surface area contributed by atoms with Crippen LogP contribution in [0.15, 0.2) is 0 Å². The molecule has 138 valence electrons. The smallest absolute Gasteiger partial charge is 0.408 e. The average molecular weight is 346 g/mol. The van der Waals surface area contributed by atoms with Gasteiger partial charge in [0.15, 0.2) is 0 Å². The van der Waals surface area contributed by atoms with Crippen LogP contribution in [-0.2, 0) is 19.1 Å². The third kappa shape index (κ3) is 5.97. The van der Waals surface area contributed by atoms with Crippen molar-refractivity contribution in [2.24, 2.45) is 0 Å². The Morgan fingerprint density at radius 3 is 2.25 bits per heavy atom. The molecule has 4 N–H and O–H groups in total. The number of rotatable bonds is 4. The standard InChI is InChI=1S/C15H26N2O7/c1-7(16-14(22)24-15(3,4)5)13(21)17-9-6-10(23-8(2)18)12(20)11(9)19/h7,9-12,19-20H,6H2,1-5H3,(H,16,22)(H,17,21)/t7-,9-,10+,11-,12+/m0/s1. The second-order valence-electron chi connectivity index (χ2n) is 6.85. The molecule has 1 aliphatic carbocycles. The SMILES string of the molecule is CC(=O)O[C@@H]1C[C@H](NC(=O)[C@H](C)NC(=O)OC(C)(C)C)[C@H](O)[C@@H]1O. The molecule has 1 rings (SSSR count). The maximum absolute atomic E-state index is 12.1. The maximum atomic E-state index is 12.1. The molecule has 24 heavy (non-hydrogen) atoms. The number of carbonyl (C=O) groups excluding carboxylic acids is 3. The van der Waals surface area contributed by atoms with Crippen LogP contribution in [0.25, 0.3) is 0 Å². The minimum Gasteiger partial charge on any atom is -0.460 e. The van der Waals surface area contributed by atoms with Crippen molar-refractivity contribution >= 4 is 18.0 Å². The highest BCUT2D eigenvalue weighted by Crippen LogP contribution is 2.24. The van der Waals surface area contributed by atoms with Crippen LogP contribution in [0.4, 0.5) is 4.79 Å². The first kappa shape index (κ1) is 20.2. The van der Waals surface area contributed by atoms with E-state index < -0.39 is 54.0 Å². The summed E-state index contributed by atoms with van der Waals surface area (Å²) in [7, 11) is 0. The van der Waals surface area contributed by atoms with E-state index in [1.165, 1.54) is 13.8 Å². The quantitative estimate of drug-likeness (QED) is 0.501. The monoisotopic (exact) mass is 346 g/mol. The lowest BCUT2D eigenvalue weighted by Gasteiger charge is -2.23. The summed E-state index contributed by atoms with van der Waals surface area (Å²) in [6.45, 7) is 7.74. The van der Waals surface area contributed by atoms with E-state index in [4.69, 9.17) is 9.47 Å². The molecule has 0 aromatic heterocycles. The van der Waals surface area contributed by atoms with Crippen molar-refractivity contribution < 1.29 is 34.1 Å². The topological polar surface area (TPSA) is 134 Å². The predicted octanol–water partition coefficient (Wildman–Crippen LogP) is -0.558. The molecule has 2 amide bonds. The minimum atomic E-state index is -1.28. The fourth-order valence-electron chi connectivity index (χ4n) is 2.32. The van der Waals surface area contributed by atoms with Gasteiger partial charge in [0.2, 0.25) is 5.91 Å². The molecule has 9 heteroatoms. The van der Waals surface area contributed by atoms with Crippen LogP contribution < -0.4 is 10.6 Å². The number of nitrogens with one attached hydrogen (secondary N) is 2. The van der Waals surface area contributed by atoms with Gasteiger partial charge in [0.1, 0.15) is 30.0 Å². The molecule has 0 saturated heterocycles. The van der Waals surface area contributed by atoms with Gasteiger partial charge >= 0.3 is 12.1 Å². The van der Waals surface area contributed by atoms with Crippen LogP contribution in [-0.4, -0.2) is 64.2 Å². The van der Waals surface area contributed by atoms with Crippen LogP contribution in [0.2, 0.25) is 0 Å². The molecule has 9 nitrogen and oxygen atoms in total. The van der Waals surface area contributed by atoms with E-state index in [-0.39, 0.29) is 6.42 Å². The van der Waals surface area contributed by atoms with Gasteiger partial charge in [0, 0.05) is 13.3 Å². The second-order valence-corrected chi connectivity index (χ2v) is 6.85. The zero-order valence-electron chi connectivity index (χ0n) is 14.5. The zero-order valence-corrected chi connectivity index (χ0v) is 14.5. The summed E-state index contributed by atoms with van der Waals surface area (Å²) in [6, 6.07) is -1.70. The van der Waals surface area contributed by atoms with Crippen LogP contribution in [0.3, 0.4) is 0 Å². The molecule has 1 aliphatic rings. The summed E-state index contributed by atoms with van der Waals surface area (Å²) in [5.41, 5.74) is -0.691. The summed E-state index contributed by atoms with van der Waals surface area (Å²) in [6.07, 6.45) is -4.11. The van der Waals surface area contributed by atoms with E-state index in [9.17, 15) is 24.6 Å². The molecule has 0 unspecified atom stereocenters. The number of hydrogen-bond acceptors (Lipinski definition) is 7. The Bertz CT molecular complexity index is 489. The molecule has 0 aliphatic heterocycles. The van der Waals surface area contributed by atoms with Crippen LogP contribution in [0.5, 0.6) is 0 Å². The Hall–Kier alpha value is -1.87. The van der Waals surface area contributed by atoms with Gasteiger partial charge < -0.3 is 30.3 Å². The van der Waals surface area contributed by atoms with Crippen molar-refractivity contribution in [3.63, 3.8) is 0 Å². The van der Waals surface area contributed by atoms with Gasteiger partial charge in [-0.1, -0.05) is 0 Å². The first-order valence-electron chi connectivity index (χ1n) is 7.74. The van der Waals surface area contributed by atoms with Crippen molar-refractivity contribution in [3.05, 3.63) is 0 Å². The number of hydrogen-bond donors (Lipinski definition) is 4. The van der Waals surface area contributed by atoms with Crippen LogP contribution >= 0.6 is 0 Å². The van der Waals surface area contributed by atoms with Crippen LogP contribution in [0.1, 0.15) is 41.0 Å². The zero-order chi connectivity index (χ0) is 18.7. The summed E-state index contributed by atoms with van der Waals surface area (Å²) in [5, 5.41) is 24.7. The van der Waals surface area contributed by atoms with Crippen molar-refractivity contribution in [1.82, 2.24) is 10.6 Å². The molecular formula is C15H26N2O7. The Kier molecular flexibility index (Phi) is 6.56.